The van der Waals surface area contributed by atoms with Gasteiger partial charge in [-0.1, -0.05) is 24.4 Å². The third kappa shape index (κ3) is 4.71. The molecule has 1 atom stereocenters. The van der Waals surface area contributed by atoms with Gasteiger partial charge in [0.2, 0.25) is 5.91 Å². The molecular formula is C24H24ClN3O5. The molecule has 1 heterocycles. The number of esters is 1. The Morgan fingerprint density at radius 1 is 1.03 bits per heavy atom. The van der Waals surface area contributed by atoms with Crippen molar-refractivity contribution in [1.29, 1.82) is 0 Å². The summed E-state index contributed by atoms with van der Waals surface area (Å²) in [6.07, 6.45) is 3.41. The molecule has 33 heavy (non-hydrogen) atoms. The highest BCUT2D eigenvalue weighted by Gasteiger charge is 2.49. The van der Waals surface area contributed by atoms with Gasteiger partial charge in [-0.3, -0.25) is 9.59 Å². The lowest BCUT2D eigenvalue weighted by Crippen LogP contribution is -2.43. The van der Waals surface area contributed by atoms with Gasteiger partial charge in [-0.25, -0.2) is 14.5 Å². The number of nitrogens with zero attached hydrogens (tertiary/aromatic N) is 2. The lowest BCUT2D eigenvalue weighted by molar-refractivity contribution is -0.124. The second kappa shape index (κ2) is 9.62. The van der Waals surface area contributed by atoms with Crippen LogP contribution in [0, 0.1) is 0 Å². The summed E-state index contributed by atoms with van der Waals surface area (Å²) in [4.78, 5) is 53.7. The first-order chi connectivity index (χ1) is 15.9. The van der Waals surface area contributed by atoms with Crippen LogP contribution in [0.25, 0.3) is 0 Å². The van der Waals surface area contributed by atoms with E-state index in [0.717, 1.165) is 30.6 Å². The van der Waals surface area contributed by atoms with Crippen molar-refractivity contribution in [2.75, 3.05) is 17.3 Å². The third-order valence-corrected chi connectivity index (χ3v) is 6.28. The molecule has 2 aromatic rings. The summed E-state index contributed by atoms with van der Waals surface area (Å²) < 4.78 is 4.67. The van der Waals surface area contributed by atoms with Crippen LogP contribution in [-0.4, -0.2) is 47.9 Å². The van der Waals surface area contributed by atoms with Crippen LogP contribution in [-0.2, 0) is 14.3 Å². The van der Waals surface area contributed by atoms with Crippen LogP contribution in [0.2, 0.25) is 5.02 Å². The number of rotatable bonds is 6. The number of amides is 4. The van der Waals surface area contributed by atoms with Crippen molar-refractivity contribution < 1.29 is 23.9 Å². The standard InChI is InChI=1S/C24H24ClN3O5/c1-33-23(31)15-6-10-17(11-7-15)26-21(29)14-20-22(30)28(19-12-8-16(25)9-13-19)24(32)27(20)18-4-2-3-5-18/h6-13,18,20H,2-5,14H2,1H3,(H,26,29). The van der Waals surface area contributed by atoms with Gasteiger partial charge in [-0.15, -0.1) is 0 Å². The normalized spacial score (nSPS) is 18.7. The van der Waals surface area contributed by atoms with E-state index in [9.17, 15) is 19.2 Å². The first-order valence-electron chi connectivity index (χ1n) is 10.8. The SMILES string of the molecule is COC(=O)c1ccc(NC(=O)CC2C(=O)N(c3ccc(Cl)cc3)C(=O)N2C2CCCC2)cc1. The Morgan fingerprint density at radius 3 is 2.27 bits per heavy atom. The summed E-state index contributed by atoms with van der Waals surface area (Å²) >= 11 is 5.96. The zero-order chi connectivity index (χ0) is 23.5. The molecular weight excluding hydrogens is 446 g/mol. The molecule has 0 spiro atoms. The van der Waals surface area contributed by atoms with Gasteiger partial charge in [0.15, 0.2) is 0 Å². The minimum Gasteiger partial charge on any atom is -0.465 e. The van der Waals surface area contributed by atoms with E-state index in [4.69, 9.17) is 11.6 Å². The molecule has 9 heteroatoms. The number of ether oxygens (including phenoxy) is 1. The van der Waals surface area contributed by atoms with Crippen LogP contribution < -0.4 is 10.2 Å². The predicted molar refractivity (Wildman–Crippen MR) is 123 cm³/mol. The number of hydrogen-bond acceptors (Lipinski definition) is 5. The van der Waals surface area contributed by atoms with Gasteiger partial charge in [0.1, 0.15) is 6.04 Å². The molecule has 172 valence electrons. The van der Waals surface area contributed by atoms with Gasteiger partial charge in [-0.2, -0.15) is 0 Å². The summed E-state index contributed by atoms with van der Waals surface area (Å²) in [5.74, 6) is -1.30. The number of hydrogen-bond donors (Lipinski definition) is 1. The van der Waals surface area contributed by atoms with E-state index < -0.39 is 29.9 Å². The number of anilines is 2. The maximum Gasteiger partial charge on any atom is 0.337 e. The number of halogens is 1. The molecule has 2 fully saturated rings. The van der Waals surface area contributed by atoms with Crippen molar-refractivity contribution in [3.63, 3.8) is 0 Å². The van der Waals surface area contributed by atoms with Gasteiger partial charge in [-0.05, 0) is 61.4 Å². The van der Waals surface area contributed by atoms with E-state index in [1.165, 1.54) is 7.11 Å². The average Bonchev–Trinajstić information content (AvgIpc) is 3.41. The molecule has 0 bridgehead atoms. The number of benzene rings is 2. The lowest BCUT2D eigenvalue weighted by atomic mass is 10.1. The Hall–Kier alpha value is -3.39. The minimum atomic E-state index is -0.884. The summed E-state index contributed by atoms with van der Waals surface area (Å²) in [6.45, 7) is 0. The number of methoxy groups -OCH3 is 1. The molecule has 1 aliphatic carbocycles. The van der Waals surface area contributed by atoms with Gasteiger partial charge in [0.25, 0.3) is 5.91 Å². The van der Waals surface area contributed by atoms with Crippen LogP contribution >= 0.6 is 11.6 Å². The Kier molecular flexibility index (Phi) is 6.65. The van der Waals surface area contributed by atoms with Crippen molar-refractivity contribution >= 4 is 46.8 Å². The average molecular weight is 470 g/mol. The number of urea groups is 1. The largest absolute Gasteiger partial charge is 0.465 e. The molecule has 1 unspecified atom stereocenters. The number of carbonyl (C=O) groups excluding carboxylic acids is 4. The number of carbonyl (C=O) groups is 4. The molecule has 4 rings (SSSR count). The molecule has 1 saturated heterocycles. The van der Waals surface area contributed by atoms with E-state index in [2.05, 4.69) is 10.1 Å². The topological polar surface area (TPSA) is 96.0 Å². The maximum absolute atomic E-state index is 13.3. The molecule has 1 saturated carbocycles. The van der Waals surface area contributed by atoms with Gasteiger partial charge < -0.3 is 15.0 Å². The van der Waals surface area contributed by atoms with Crippen LogP contribution in [0.5, 0.6) is 0 Å². The highest BCUT2D eigenvalue weighted by molar-refractivity contribution is 6.30. The van der Waals surface area contributed by atoms with Crippen LogP contribution in [0.3, 0.4) is 0 Å². The zero-order valence-electron chi connectivity index (χ0n) is 18.1. The Morgan fingerprint density at radius 2 is 1.67 bits per heavy atom. The molecule has 4 amide bonds. The van der Waals surface area contributed by atoms with Crippen molar-refractivity contribution in [2.45, 2.75) is 44.2 Å². The smallest absolute Gasteiger partial charge is 0.337 e. The van der Waals surface area contributed by atoms with E-state index in [-0.39, 0.29) is 12.5 Å². The van der Waals surface area contributed by atoms with Crippen molar-refractivity contribution in [3.8, 4) is 0 Å². The van der Waals surface area contributed by atoms with Gasteiger partial charge in [0, 0.05) is 16.8 Å². The Labute approximate surface area is 196 Å². The van der Waals surface area contributed by atoms with E-state index >= 15 is 0 Å². The zero-order valence-corrected chi connectivity index (χ0v) is 18.9. The molecule has 1 aliphatic heterocycles. The first kappa shape index (κ1) is 22.8. The van der Waals surface area contributed by atoms with E-state index in [1.54, 1.807) is 53.4 Å². The summed E-state index contributed by atoms with van der Waals surface area (Å²) in [6, 6.07) is 11.4. The summed E-state index contributed by atoms with van der Waals surface area (Å²) in [5, 5.41) is 3.24. The van der Waals surface area contributed by atoms with E-state index in [0.29, 0.717) is 22.0 Å². The monoisotopic (exact) mass is 469 g/mol. The molecule has 8 nitrogen and oxygen atoms in total. The maximum atomic E-state index is 13.3. The predicted octanol–water partition coefficient (Wildman–Crippen LogP) is 4.24. The quantitative estimate of drug-likeness (QED) is 0.504. The Bertz CT molecular complexity index is 1060. The highest BCUT2D eigenvalue weighted by atomic mass is 35.5. The van der Waals surface area contributed by atoms with Crippen LogP contribution in [0.1, 0.15) is 42.5 Å². The fourth-order valence-electron chi connectivity index (χ4n) is 4.41. The Balaban J connectivity index is 1.52. The van der Waals surface area contributed by atoms with Crippen LogP contribution in [0.4, 0.5) is 16.2 Å². The van der Waals surface area contributed by atoms with Gasteiger partial charge in [0.05, 0.1) is 24.8 Å². The number of imide groups is 1. The molecule has 0 aromatic heterocycles. The summed E-state index contributed by atoms with van der Waals surface area (Å²) in [7, 11) is 1.29. The van der Waals surface area contributed by atoms with Crippen molar-refractivity contribution in [1.82, 2.24) is 4.90 Å². The minimum absolute atomic E-state index is 0.0733. The van der Waals surface area contributed by atoms with Gasteiger partial charge >= 0.3 is 12.0 Å². The highest BCUT2D eigenvalue weighted by Crippen LogP contribution is 2.34. The molecule has 2 aliphatic rings. The lowest BCUT2D eigenvalue weighted by Gasteiger charge is -2.27. The van der Waals surface area contributed by atoms with Crippen molar-refractivity contribution in [2.24, 2.45) is 0 Å². The van der Waals surface area contributed by atoms with Crippen LogP contribution in [0.15, 0.2) is 48.5 Å². The van der Waals surface area contributed by atoms with Crippen molar-refractivity contribution in [3.05, 3.63) is 59.1 Å². The second-order valence-corrected chi connectivity index (χ2v) is 8.55. The van der Waals surface area contributed by atoms with E-state index in [1.807, 2.05) is 0 Å². The second-order valence-electron chi connectivity index (χ2n) is 8.12. The summed E-state index contributed by atoms with van der Waals surface area (Å²) in [5.41, 5.74) is 1.27. The molecule has 0 radical (unpaired) electrons. The number of nitrogens with one attached hydrogen (secondary N) is 1. The molecule has 1 N–H and O–H groups in total. The fourth-order valence-corrected chi connectivity index (χ4v) is 4.54. The fraction of sp³-hybridized carbons (Fsp3) is 0.333. The first-order valence-corrected chi connectivity index (χ1v) is 11.2. The third-order valence-electron chi connectivity index (χ3n) is 6.02. The molecule has 2 aromatic carbocycles.